The number of hydrogen-bond acceptors (Lipinski definition) is 5. The Morgan fingerprint density at radius 1 is 1.52 bits per heavy atom. The van der Waals surface area contributed by atoms with E-state index in [1.807, 2.05) is 13.1 Å². The second-order valence-electron chi connectivity index (χ2n) is 4.96. The predicted octanol–water partition coefficient (Wildman–Crippen LogP) is 1.19. The van der Waals surface area contributed by atoms with E-state index in [1.165, 1.54) is 11.1 Å². The average Bonchev–Trinajstić information content (AvgIpc) is 2.88. The Kier molecular flexibility index (Phi) is 7.10. The SMILES string of the molecule is CCc1cnc(CNC(=NC)NC(C)CCS(C)(=O)=O)s1. The summed E-state index contributed by atoms with van der Waals surface area (Å²) in [6, 6.07) is 0.0356. The molecule has 0 aromatic carbocycles. The van der Waals surface area contributed by atoms with Gasteiger partial charge in [-0.25, -0.2) is 13.4 Å². The maximum atomic E-state index is 11.2. The lowest BCUT2D eigenvalue weighted by molar-refractivity contribution is 0.581. The van der Waals surface area contributed by atoms with Crippen molar-refractivity contribution in [2.45, 2.75) is 39.3 Å². The van der Waals surface area contributed by atoms with Gasteiger partial charge in [-0.05, 0) is 19.8 Å². The van der Waals surface area contributed by atoms with Crippen molar-refractivity contribution in [1.82, 2.24) is 15.6 Å². The number of nitrogens with one attached hydrogen (secondary N) is 2. The van der Waals surface area contributed by atoms with Gasteiger partial charge in [0.05, 0.1) is 12.3 Å². The second-order valence-corrected chi connectivity index (χ2v) is 8.42. The smallest absolute Gasteiger partial charge is 0.191 e. The molecule has 0 aliphatic carbocycles. The van der Waals surface area contributed by atoms with Gasteiger partial charge in [-0.2, -0.15) is 0 Å². The van der Waals surface area contributed by atoms with Gasteiger partial charge < -0.3 is 10.6 Å². The molecule has 1 atom stereocenters. The van der Waals surface area contributed by atoms with E-state index in [0.717, 1.165) is 11.4 Å². The van der Waals surface area contributed by atoms with E-state index in [0.29, 0.717) is 18.9 Å². The molecule has 1 unspecified atom stereocenters. The molecule has 0 spiro atoms. The molecule has 0 radical (unpaired) electrons. The minimum atomic E-state index is -2.93. The first-order valence-electron chi connectivity index (χ1n) is 6.92. The number of aliphatic imine (C=N–C) groups is 1. The highest BCUT2D eigenvalue weighted by Gasteiger charge is 2.10. The second kappa shape index (κ2) is 8.33. The molecule has 1 heterocycles. The maximum absolute atomic E-state index is 11.2. The van der Waals surface area contributed by atoms with E-state index < -0.39 is 9.84 Å². The third kappa shape index (κ3) is 7.42. The highest BCUT2D eigenvalue weighted by atomic mass is 32.2. The fourth-order valence-corrected chi connectivity index (χ4v) is 3.23. The fourth-order valence-electron chi connectivity index (χ4n) is 1.64. The summed E-state index contributed by atoms with van der Waals surface area (Å²) in [5.74, 6) is 0.828. The van der Waals surface area contributed by atoms with Crippen LogP contribution < -0.4 is 10.6 Å². The van der Waals surface area contributed by atoms with Gasteiger partial charge in [-0.1, -0.05) is 6.92 Å². The Labute approximate surface area is 131 Å². The van der Waals surface area contributed by atoms with Gasteiger partial charge in [0.15, 0.2) is 5.96 Å². The first kappa shape index (κ1) is 17.9. The molecule has 0 aliphatic rings. The molecular weight excluding hydrogens is 308 g/mol. The minimum Gasteiger partial charge on any atom is -0.354 e. The summed E-state index contributed by atoms with van der Waals surface area (Å²) in [4.78, 5) is 9.73. The van der Waals surface area contributed by atoms with Crippen LogP contribution in [0.5, 0.6) is 0 Å². The summed E-state index contributed by atoms with van der Waals surface area (Å²) in [6.45, 7) is 4.66. The van der Waals surface area contributed by atoms with Crippen LogP contribution in [0, 0.1) is 0 Å². The van der Waals surface area contributed by atoms with Crippen molar-refractivity contribution in [2.24, 2.45) is 4.99 Å². The van der Waals surface area contributed by atoms with Crippen LogP contribution in [0.15, 0.2) is 11.2 Å². The van der Waals surface area contributed by atoms with Crippen LogP contribution in [0.2, 0.25) is 0 Å². The lowest BCUT2D eigenvalue weighted by Crippen LogP contribution is -2.42. The van der Waals surface area contributed by atoms with Crippen molar-refractivity contribution in [3.05, 3.63) is 16.1 Å². The zero-order chi connectivity index (χ0) is 15.9. The number of nitrogens with zero attached hydrogens (tertiary/aromatic N) is 2. The van der Waals surface area contributed by atoms with Crippen LogP contribution in [0.25, 0.3) is 0 Å². The molecule has 0 fully saturated rings. The number of aryl methyl sites for hydroxylation is 1. The van der Waals surface area contributed by atoms with E-state index >= 15 is 0 Å². The quantitative estimate of drug-likeness (QED) is 0.579. The van der Waals surface area contributed by atoms with Crippen molar-refractivity contribution in [2.75, 3.05) is 19.1 Å². The molecule has 8 heteroatoms. The fraction of sp³-hybridized carbons (Fsp3) is 0.692. The molecule has 1 aromatic rings. The zero-order valence-corrected chi connectivity index (χ0v) is 14.6. The first-order chi connectivity index (χ1) is 9.84. The number of hydrogen-bond donors (Lipinski definition) is 2. The van der Waals surface area contributed by atoms with Crippen molar-refractivity contribution in [3.63, 3.8) is 0 Å². The van der Waals surface area contributed by atoms with E-state index in [9.17, 15) is 8.42 Å². The predicted molar refractivity (Wildman–Crippen MR) is 88.6 cm³/mol. The summed E-state index contributed by atoms with van der Waals surface area (Å²) >= 11 is 1.68. The molecule has 0 saturated heterocycles. The van der Waals surface area contributed by atoms with Crippen molar-refractivity contribution in [3.8, 4) is 0 Å². The van der Waals surface area contributed by atoms with E-state index in [4.69, 9.17) is 0 Å². The summed E-state index contributed by atoms with van der Waals surface area (Å²) in [6.07, 6.45) is 4.69. The van der Waals surface area contributed by atoms with E-state index in [2.05, 4.69) is 27.5 Å². The third-order valence-corrected chi connectivity index (χ3v) is 5.00. The number of thiazole rings is 1. The Balaban J connectivity index is 2.41. The summed E-state index contributed by atoms with van der Waals surface area (Å²) in [5, 5.41) is 7.38. The van der Waals surface area contributed by atoms with Crippen LogP contribution in [-0.2, 0) is 22.8 Å². The lowest BCUT2D eigenvalue weighted by Gasteiger charge is -2.17. The van der Waals surface area contributed by atoms with E-state index in [1.54, 1.807) is 18.4 Å². The first-order valence-corrected chi connectivity index (χ1v) is 9.80. The number of aromatic nitrogens is 1. The van der Waals surface area contributed by atoms with Crippen molar-refractivity contribution in [1.29, 1.82) is 0 Å². The summed E-state index contributed by atoms with van der Waals surface area (Å²) < 4.78 is 22.3. The topological polar surface area (TPSA) is 83.4 Å². The number of sulfone groups is 1. The van der Waals surface area contributed by atoms with Crippen LogP contribution in [0.1, 0.15) is 30.2 Å². The molecule has 0 aliphatic heterocycles. The Hall–Kier alpha value is -1.15. The molecule has 0 amide bonds. The van der Waals surface area contributed by atoms with Crippen LogP contribution in [0.4, 0.5) is 0 Å². The van der Waals surface area contributed by atoms with E-state index in [-0.39, 0.29) is 11.8 Å². The number of guanidine groups is 1. The normalized spacial score (nSPS) is 14.0. The number of rotatable bonds is 7. The van der Waals surface area contributed by atoms with Crippen LogP contribution in [-0.4, -0.2) is 44.5 Å². The molecule has 6 nitrogen and oxygen atoms in total. The van der Waals surface area contributed by atoms with Gasteiger partial charge in [0.1, 0.15) is 14.8 Å². The molecular formula is C13H24N4O2S2. The molecule has 0 saturated carbocycles. The molecule has 120 valence electrons. The van der Waals surface area contributed by atoms with Crippen molar-refractivity contribution < 1.29 is 8.42 Å². The summed E-state index contributed by atoms with van der Waals surface area (Å²) in [5.41, 5.74) is 0. The molecule has 0 bridgehead atoms. The van der Waals surface area contributed by atoms with Crippen LogP contribution >= 0.6 is 11.3 Å². The Bertz CT molecular complexity index is 566. The molecule has 1 aromatic heterocycles. The van der Waals surface area contributed by atoms with Gasteiger partial charge in [0, 0.05) is 30.4 Å². The van der Waals surface area contributed by atoms with Gasteiger partial charge in [0.25, 0.3) is 0 Å². The Morgan fingerprint density at radius 3 is 2.76 bits per heavy atom. The highest BCUT2D eigenvalue weighted by molar-refractivity contribution is 7.90. The molecule has 2 N–H and O–H groups in total. The average molecular weight is 332 g/mol. The molecule has 21 heavy (non-hydrogen) atoms. The minimum absolute atomic E-state index is 0.0356. The van der Waals surface area contributed by atoms with Gasteiger partial charge in [-0.3, -0.25) is 4.99 Å². The maximum Gasteiger partial charge on any atom is 0.191 e. The third-order valence-electron chi connectivity index (χ3n) is 2.89. The monoisotopic (exact) mass is 332 g/mol. The van der Waals surface area contributed by atoms with Gasteiger partial charge >= 0.3 is 0 Å². The highest BCUT2D eigenvalue weighted by Crippen LogP contribution is 2.12. The standard InChI is InChI=1S/C13H24N4O2S2/c1-5-11-8-15-12(20-11)9-16-13(14-3)17-10(2)6-7-21(4,18)19/h8,10H,5-7,9H2,1-4H3,(H2,14,16,17). The van der Waals surface area contributed by atoms with Crippen molar-refractivity contribution >= 4 is 27.1 Å². The molecule has 1 rings (SSSR count). The largest absolute Gasteiger partial charge is 0.354 e. The van der Waals surface area contributed by atoms with Crippen LogP contribution in [0.3, 0.4) is 0 Å². The Morgan fingerprint density at radius 2 is 2.24 bits per heavy atom. The van der Waals surface area contributed by atoms with Gasteiger partial charge in [-0.15, -0.1) is 11.3 Å². The summed E-state index contributed by atoms with van der Waals surface area (Å²) in [7, 11) is -1.23. The zero-order valence-electron chi connectivity index (χ0n) is 13.0. The van der Waals surface area contributed by atoms with Gasteiger partial charge in [0.2, 0.25) is 0 Å². The lowest BCUT2D eigenvalue weighted by atomic mass is 10.3.